The third-order valence-corrected chi connectivity index (χ3v) is 5.08. The van der Waals surface area contributed by atoms with Crippen LogP contribution in [0.15, 0.2) is 18.2 Å². The minimum absolute atomic E-state index is 0.110. The van der Waals surface area contributed by atoms with Gasteiger partial charge < -0.3 is 10.1 Å². The lowest BCUT2D eigenvalue weighted by Crippen LogP contribution is -2.26. The third kappa shape index (κ3) is 4.35. The van der Waals surface area contributed by atoms with Gasteiger partial charge in [-0.05, 0) is 31.1 Å². The lowest BCUT2D eigenvalue weighted by Gasteiger charge is -2.14. The maximum absolute atomic E-state index is 10.9. The molecule has 1 N–H and O–H groups in total. The van der Waals surface area contributed by atoms with Gasteiger partial charge in [0.25, 0.3) is 5.69 Å². The molecule has 2 unspecified atom stereocenters. The highest BCUT2D eigenvalue weighted by atomic mass is 32.2. The van der Waals surface area contributed by atoms with Crippen molar-refractivity contribution in [3.8, 4) is 5.75 Å². The molecule has 0 radical (unpaired) electrons. The zero-order valence-corrected chi connectivity index (χ0v) is 13.3. The second kappa shape index (κ2) is 7.66. The number of rotatable bonds is 7. The second-order valence-electron chi connectivity index (χ2n) is 5.22. The number of nitro groups is 1. The molecule has 1 saturated carbocycles. The van der Waals surface area contributed by atoms with Crippen molar-refractivity contribution in [3.63, 3.8) is 0 Å². The van der Waals surface area contributed by atoms with Crippen molar-refractivity contribution >= 4 is 17.4 Å². The smallest absolute Gasteiger partial charge is 0.270 e. The van der Waals surface area contributed by atoms with E-state index in [1.807, 2.05) is 11.8 Å². The van der Waals surface area contributed by atoms with Crippen molar-refractivity contribution in [2.75, 3.05) is 12.9 Å². The Kier molecular flexibility index (Phi) is 5.87. The number of hydrogen-bond donors (Lipinski definition) is 1. The number of nitrogens with one attached hydrogen (secondary N) is 1. The van der Waals surface area contributed by atoms with Gasteiger partial charge in [0, 0.05) is 35.5 Å². The zero-order chi connectivity index (χ0) is 15.2. The summed E-state index contributed by atoms with van der Waals surface area (Å²) in [6.07, 6.45) is 3.60. The second-order valence-corrected chi connectivity index (χ2v) is 6.80. The van der Waals surface area contributed by atoms with Crippen LogP contribution in [-0.2, 0) is 6.54 Å². The van der Waals surface area contributed by atoms with Crippen LogP contribution in [0, 0.1) is 10.1 Å². The predicted molar refractivity (Wildman–Crippen MR) is 86.0 cm³/mol. The lowest BCUT2D eigenvalue weighted by atomic mass is 10.1. The van der Waals surface area contributed by atoms with E-state index in [1.165, 1.54) is 25.3 Å². The van der Waals surface area contributed by atoms with Crippen LogP contribution in [0.5, 0.6) is 5.75 Å². The first kappa shape index (κ1) is 16.1. The molecule has 2 rings (SSSR count). The monoisotopic (exact) mass is 310 g/mol. The lowest BCUT2D eigenvalue weighted by molar-refractivity contribution is -0.384. The zero-order valence-electron chi connectivity index (χ0n) is 12.5. The Labute approximate surface area is 129 Å². The number of non-ortho nitro benzene ring substituents is 1. The van der Waals surface area contributed by atoms with Crippen LogP contribution in [0.1, 0.15) is 31.7 Å². The molecular formula is C15H22N2O3S. The molecule has 116 valence electrons. The fraction of sp³-hybridized carbons (Fsp3) is 0.600. The van der Waals surface area contributed by atoms with E-state index in [1.54, 1.807) is 19.2 Å². The minimum atomic E-state index is -0.369. The number of hydrogen-bond acceptors (Lipinski definition) is 5. The SMILES string of the molecule is CCSC1CCC(NCc2cc([N+](=O)[O-])ccc2OC)C1. The van der Waals surface area contributed by atoms with E-state index in [0.717, 1.165) is 16.6 Å². The van der Waals surface area contributed by atoms with E-state index in [9.17, 15) is 10.1 Å². The van der Waals surface area contributed by atoms with E-state index in [2.05, 4.69) is 12.2 Å². The largest absolute Gasteiger partial charge is 0.496 e. The quantitative estimate of drug-likeness (QED) is 0.618. The predicted octanol–water partition coefficient (Wildman–Crippen LogP) is 3.37. The molecule has 21 heavy (non-hydrogen) atoms. The molecule has 0 aliphatic heterocycles. The molecule has 1 fully saturated rings. The van der Waals surface area contributed by atoms with Crippen molar-refractivity contribution in [2.45, 2.75) is 44.0 Å². The Morgan fingerprint density at radius 1 is 1.48 bits per heavy atom. The van der Waals surface area contributed by atoms with Gasteiger partial charge in [-0.3, -0.25) is 10.1 Å². The van der Waals surface area contributed by atoms with Gasteiger partial charge in [-0.1, -0.05) is 6.92 Å². The van der Waals surface area contributed by atoms with Crippen LogP contribution in [0.4, 0.5) is 5.69 Å². The van der Waals surface area contributed by atoms with Gasteiger partial charge in [-0.15, -0.1) is 0 Å². The molecule has 6 heteroatoms. The van der Waals surface area contributed by atoms with E-state index >= 15 is 0 Å². The first-order valence-electron chi connectivity index (χ1n) is 7.30. The third-order valence-electron chi connectivity index (χ3n) is 3.84. The maximum atomic E-state index is 10.9. The van der Waals surface area contributed by atoms with Crippen LogP contribution in [-0.4, -0.2) is 29.1 Å². The molecule has 0 spiro atoms. The number of thioether (sulfide) groups is 1. The Balaban J connectivity index is 1.96. The van der Waals surface area contributed by atoms with Gasteiger partial charge in [0.05, 0.1) is 12.0 Å². The summed E-state index contributed by atoms with van der Waals surface area (Å²) in [7, 11) is 1.59. The standard InChI is InChI=1S/C15H22N2O3S/c1-3-21-14-6-4-12(9-14)16-10-11-8-13(17(18)19)5-7-15(11)20-2/h5,7-8,12,14,16H,3-4,6,9-10H2,1-2H3. The van der Waals surface area contributed by atoms with Crippen molar-refractivity contribution < 1.29 is 9.66 Å². The number of nitro benzene ring substituents is 1. The number of benzene rings is 1. The summed E-state index contributed by atoms with van der Waals surface area (Å²) < 4.78 is 5.29. The molecule has 0 aromatic heterocycles. The van der Waals surface area contributed by atoms with Crippen molar-refractivity contribution in [3.05, 3.63) is 33.9 Å². The molecule has 1 aliphatic rings. The molecule has 0 saturated heterocycles. The highest BCUT2D eigenvalue weighted by Gasteiger charge is 2.24. The molecular weight excluding hydrogens is 288 g/mol. The highest BCUT2D eigenvalue weighted by molar-refractivity contribution is 7.99. The fourth-order valence-corrected chi connectivity index (χ4v) is 3.93. The summed E-state index contributed by atoms with van der Waals surface area (Å²) in [5.41, 5.74) is 0.955. The van der Waals surface area contributed by atoms with Gasteiger partial charge in [-0.25, -0.2) is 0 Å². The average Bonchev–Trinajstić information content (AvgIpc) is 2.92. The van der Waals surface area contributed by atoms with Crippen LogP contribution in [0.2, 0.25) is 0 Å². The summed E-state index contributed by atoms with van der Waals surface area (Å²) >= 11 is 2.02. The summed E-state index contributed by atoms with van der Waals surface area (Å²) in [6, 6.07) is 5.24. The maximum Gasteiger partial charge on any atom is 0.270 e. The van der Waals surface area contributed by atoms with Gasteiger partial charge in [0.2, 0.25) is 0 Å². The molecule has 5 nitrogen and oxygen atoms in total. The Morgan fingerprint density at radius 2 is 2.29 bits per heavy atom. The summed E-state index contributed by atoms with van der Waals surface area (Å²) in [5, 5.41) is 15.1. The first-order valence-corrected chi connectivity index (χ1v) is 8.35. The number of methoxy groups -OCH3 is 1. The molecule has 0 heterocycles. The molecule has 1 aliphatic carbocycles. The number of ether oxygens (including phenoxy) is 1. The van der Waals surface area contributed by atoms with Crippen LogP contribution >= 0.6 is 11.8 Å². The van der Waals surface area contributed by atoms with Crippen molar-refractivity contribution in [1.82, 2.24) is 5.32 Å². The topological polar surface area (TPSA) is 64.4 Å². The van der Waals surface area contributed by atoms with E-state index in [0.29, 0.717) is 18.3 Å². The average molecular weight is 310 g/mol. The van der Waals surface area contributed by atoms with Crippen LogP contribution in [0.25, 0.3) is 0 Å². The Bertz CT molecular complexity index is 496. The Hall–Kier alpha value is -1.27. The van der Waals surface area contributed by atoms with Crippen LogP contribution in [0.3, 0.4) is 0 Å². The number of nitrogens with zero attached hydrogens (tertiary/aromatic N) is 1. The van der Waals surface area contributed by atoms with E-state index in [4.69, 9.17) is 4.74 Å². The van der Waals surface area contributed by atoms with Crippen molar-refractivity contribution in [1.29, 1.82) is 0 Å². The van der Waals surface area contributed by atoms with Gasteiger partial charge in [0.15, 0.2) is 0 Å². The van der Waals surface area contributed by atoms with Crippen LogP contribution < -0.4 is 10.1 Å². The van der Waals surface area contributed by atoms with Gasteiger partial charge >= 0.3 is 0 Å². The minimum Gasteiger partial charge on any atom is -0.496 e. The van der Waals surface area contributed by atoms with Crippen molar-refractivity contribution in [2.24, 2.45) is 0 Å². The summed E-state index contributed by atoms with van der Waals surface area (Å²) in [6.45, 7) is 2.80. The molecule has 0 amide bonds. The van der Waals surface area contributed by atoms with E-state index < -0.39 is 0 Å². The van der Waals surface area contributed by atoms with E-state index in [-0.39, 0.29) is 10.6 Å². The molecule has 1 aromatic carbocycles. The summed E-state index contributed by atoms with van der Waals surface area (Å²) in [4.78, 5) is 10.5. The molecule has 0 bridgehead atoms. The van der Waals surface area contributed by atoms with Gasteiger partial charge in [-0.2, -0.15) is 11.8 Å². The normalized spacial score (nSPS) is 21.4. The molecule has 2 atom stereocenters. The molecule has 1 aromatic rings. The Morgan fingerprint density at radius 3 is 2.95 bits per heavy atom. The first-order chi connectivity index (χ1) is 10.1. The van der Waals surface area contributed by atoms with Gasteiger partial charge in [0.1, 0.15) is 5.75 Å². The fourth-order valence-electron chi connectivity index (χ4n) is 2.78. The highest BCUT2D eigenvalue weighted by Crippen LogP contribution is 2.30. The summed E-state index contributed by atoms with van der Waals surface area (Å²) in [5.74, 6) is 1.86.